The summed E-state index contributed by atoms with van der Waals surface area (Å²) in [6.07, 6.45) is -1.86. The second-order valence-electron chi connectivity index (χ2n) is 8.81. The number of hydrogen-bond acceptors (Lipinski definition) is 5. The lowest BCUT2D eigenvalue weighted by Crippen LogP contribution is -2.75. The summed E-state index contributed by atoms with van der Waals surface area (Å²) < 4.78 is 41.8. The molecule has 0 aliphatic carbocycles. The largest absolute Gasteiger partial charge is 0.481 e. The van der Waals surface area contributed by atoms with Crippen molar-refractivity contribution in [3.05, 3.63) is 71.0 Å². The Morgan fingerprint density at radius 3 is 2.39 bits per heavy atom. The number of carbonyl (C=O) groups excluding carboxylic acids is 3. The second-order valence-corrected chi connectivity index (χ2v) is 9.20. The Labute approximate surface area is 220 Å². The number of piperazine rings is 1. The van der Waals surface area contributed by atoms with E-state index < -0.39 is 66.4 Å². The summed E-state index contributed by atoms with van der Waals surface area (Å²) in [5, 5.41) is 12.8. The molecule has 2 aliphatic heterocycles. The van der Waals surface area contributed by atoms with Gasteiger partial charge in [0.05, 0.1) is 6.54 Å². The molecule has 0 aromatic heterocycles. The number of benzene rings is 2. The summed E-state index contributed by atoms with van der Waals surface area (Å²) in [6.45, 7) is -1.09. The van der Waals surface area contributed by atoms with Gasteiger partial charge in [-0.2, -0.15) is 0 Å². The summed E-state index contributed by atoms with van der Waals surface area (Å²) in [4.78, 5) is 53.1. The number of carboxylic acids is 1. The molecule has 4 rings (SSSR count). The molecule has 0 unspecified atom stereocenters. The zero-order chi connectivity index (χ0) is 27.6. The Kier molecular flexibility index (Phi) is 8.07. The molecule has 2 aliphatic rings. The van der Waals surface area contributed by atoms with Gasteiger partial charge in [0.2, 0.25) is 11.8 Å². The smallest absolute Gasteiger partial charge is 0.335 e. The van der Waals surface area contributed by atoms with E-state index in [2.05, 4.69) is 5.32 Å². The molecule has 0 saturated carbocycles. The predicted molar refractivity (Wildman–Crippen MR) is 126 cm³/mol. The van der Waals surface area contributed by atoms with Crippen molar-refractivity contribution in [2.24, 2.45) is 0 Å². The monoisotopic (exact) mass is 553 g/mol. The minimum Gasteiger partial charge on any atom is -0.481 e. The highest BCUT2D eigenvalue weighted by Crippen LogP contribution is 2.30. The summed E-state index contributed by atoms with van der Waals surface area (Å²) in [7, 11) is 0. The molecule has 2 aromatic rings. The lowest BCUT2D eigenvalue weighted by atomic mass is 10.0. The molecule has 202 valence electrons. The second kappa shape index (κ2) is 11.3. The molecule has 2 saturated heterocycles. The van der Waals surface area contributed by atoms with Gasteiger partial charge in [0.25, 0.3) is 0 Å². The molecule has 2 heterocycles. The Morgan fingerprint density at radius 1 is 1.05 bits per heavy atom. The van der Waals surface area contributed by atoms with Crippen molar-refractivity contribution in [2.75, 3.05) is 13.1 Å². The fourth-order valence-corrected chi connectivity index (χ4v) is 4.75. The Hall–Kier alpha value is -3.84. The molecule has 10 nitrogen and oxygen atoms in total. The molecule has 2 aromatic carbocycles. The predicted octanol–water partition coefficient (Wildman–Crippen LogP) is 2.43. The molecular weight excluding hydrogens is 531 g/mol. The zero-order valence-electron chi connectivity index (χ0n) is 19.8. The molecule has 4 amide bonds. The van der Waals surface area contributed by atoms with E-state index in [9.17, 15) is 37.5 Å². The van der Waals surface area contributed by atoms with Crippen LogP contribution in [0.2, 0.25) is 0 Å². The van der Waals surface area contributed by atoms with E-state index in [-0.39, 0.29) is 31.6 Å². The Bertz CT molecular complexity index is 1250. The first-order chi connectivity index (χ1) is 18.0. The van der Waals surface area contributed by atoms with Crippen LogP contribution in [0, 0.1) is 17.5 Å². The number of carbonyl (C=O) groups is 4. The number of nitrogens with one attached hydrogen (secondary N) is 1. The van der Waals surface area contributed by atoms with Crippen molar-refractivity contribution in [2.45, 2.75) is 38.1 Å². The average Bonchev–Trinajstić information content (AvgIpc) is 2.85. The standard InChI is InChI=1S/C24H23ClF3N5O5/c25-31-13-21(34)32-19(7-8-22(35)36)23(37)30(11-15-3-6-17(27)9-18(15)28)12-20(32)33(31)24(38)29-10-14-1-4-16(26)5-2-14/h1-6,9,19-20H,7-8,10-13H2,(H,29,38)(H,35,36)/t19-,20-/m0/s1. The minimum absolute atomic E-state index is 0.00706. The van der Waals surface area contributed by atoms with Gasteiger partial charge in [-0.05, 0) is 30.2 Å². The van der Waals surface area contributed by atoms with E-state index in [0.29, 0.717) is 11.6 Å². The van der Waals surface area contributed by atoms with Crippen LogP contribution < -0.4 is 5.32 Å². The normalized spacial score (nSPS) is 19.9. The molecule has 14 heteroatoms. The first kappa shape index (κ1) is 27.2. The number of nitrogens with zero attached hydrogens (tertiary/aromatic N) is 4. The van der Waals surface area contributed by atoms with E-state index >= 15 is 0 Å². The van der Waals surface area contributed by atoms with E-state index in [1.807, 2.05) is 0 Å². The number of amides is 4. The summed E-state index contributed by atoms with van der Waals surface area (Å²) in [6, 6.07) is 6.25. The van der Waals surface area contributed by atoms with Crippen molar-refractivity contribution in [3.8, 4) is 0 Å². The lowest BCUT2D eigenvalue weighted by molar-refractivity contribution is -0.181. The van der Waals surface area contributed by atoms with Gasteiger partial charge in [-0.1, -0.05) is 18.2 Å². The lowest BCUT2D eigenvalue weighted by Gasteiger charge is -2.53. The van der Waals surface area contributed by atoms with Crippen molar-refractivity contribution in [1.82, 2.24) is 24.7 Å². The minimum atomic E-state index is -1.27. The van der Waals surface area contributed by atoms with Crippen LogP contribution >= 0.6 is 11.8 Å². The van der Waals surface area contributed by atoms with Crippen LogP contribution in [0.4, 0.5) is 18.0 Å². The molecular formula is C24H23ClF3N5O5. The quantitative estimate of drug-likeness (QED) is 0.509. The van der Waals surface area contributed by atoms with Crippen molar-refractivity contribution in [3.63, 3.8) is 0 Å². The molecule has 0 radical (unpaired) electrons. The van der Waals surface area contributed by atoms with Gasteiger partial charge in [-0.15, -0.1) is 4.53 Å². The van der Waals surface area contributed by atoms with Crippen LogP contribution in [-0.2, 0) is 27.5 Å². The van der Waals surface area contributed by atoms with E-state index in [1.165, 1.54) is 35.2 Å². The first-order valence-electron chi connectivity index (χ1n) is 11.6. The van der Waals surface area contributed by atoms with Gasteiger partial charge < -0.3 is 20.2 Å². The average molecular weight is 554 g/mol. The maximum Gasteiger partial charge on any atom is 0.335 e. The highest BCUT2D eigenvalue weighted by atomic mass is 35.5. The summed E-state index contributed by atoms with van der Waals surface area (Å²) in [5.41, 5.74) is 0.569. The third kappa shape index (κ3) is 5.83. The van der Waals surface area contributed by atoms with Gasteiger partial charge >= 0.3 is 12.0 Å². The topological polar surface area (TPSA) is 114 Å². The van der Waals surface area contributed by atoms with Crippen LogP contribution in [-0.4, -0.2) is 73.6 Å². The van der Waals surface area contributed by atoms with Gasteiger partial charge in [-0.3, -0.25) is 14.4 Å². The Morgan fingerprint density at radius 2 is 1.74 bits per heavy atom. The highest BCUT2D eigenvalue weighted by Gasteiger charge is 2.51. The zero-order valence-corrected chi connectivity index (χ0v) is 20.6. The molecule has 38 heavy (non-hydrogen) atoms. The fraction of sp³-hybridized carbons (Fsp3) is 0.333. The molecule has 0 spiro atoms. The Balaban J connectivity index is 1.62. The number of carboxylic acid groups (broad SMARTS) is 1. The molecule has 2 N–H and O–H groups in total. The first-order valence-corrected chi connectivity index (χ1v) is 11.9. The summed E-state index contributed by atoms with van der Waals surface area (Å²) >= 11 is 6.26. The molecule has 2 fully saturated rings. The maximum atomic E-state index is 14.4. The number of hydrogen-bond donors (Lipinski definition) is 2. The van der Waals surface area contributed by atoms with Crippen molar-refractivity contribution < 1.29 is 37.5 Å². The number of aliphatic carboxylic acids is 1. The van der Waals surface area contributed by atoms with Crippen LogP contribution in [0.5, 0.6) is 0 Å². The number of fused-ring (bicyclic) bond motifs is 1. The van der Waals surface area contributed by atoms with Gasteiger partial charge in [-0.25, -0.2) is 23.0 Å². The third-order valence-corrected chi connectivity index (χ3v) is 6.56. The van der Waals surface area contributed by atoms with Crippen LogP contribution in [0.1, 0.15) is 24.0 Å². The van der Waals surface area contributed by atoms with E-state index in [1.54, 1.807) is 0 Å². The highest BCUT2D eigenvalue weighted by molar-refractivity contribution is 6.15. The SMILES string of the molecule is O=C(O)CC[C@H]1C(=O)N(Cc2ccc(F)cc2F)C[C@H]2N1C(=O)CN(Cl)N2C(=O)NCc1ccc(F)cc1. The number of rotatable bonds is 7. The molecule has 2 atom stereocenters. The van der Waals surface area contributed by atoms with Crippen molar-refractivity contribution in [1.29, 1.82) is 0 Å². The van der Waals surface area contributed by atoms with Gasteiger partial charge in [0.15, 0.2) is 0 Å². The third-order valence-electron chi connectivity index (χ3n) is 6.28. The van der Waals surface area contributed by atoms with E-state index in [4.69, 9.17) is 11.8 Å². The maximum absolute atomic E-state index is 14.4. The summed E-state index contributed by atoms with van der Waals surface area (Å²) in [5.74, 6) is -4.60. The molecule has 0 bridgehead atoms. The number of urea groups is 1. The van der Waals surface area contributed by atoms with Gasteiger partial charge in [0.1, 0.15) is 36.2 Å². The number of halogens is 4. The van der Waals surface area contributed by atoms with E-state index in [0.717, 1.165) is 20.5 Å². The fourth-order valence-electron chi connectivity index (χ4n) is 4.48. The van der Waals surface area contributed by atoms with Crippen molar-refractivity contribution >= 4 is 35.6 Å². The van der Waals surface area contributed by atoms with Crippen LogP contribution in [0.25, 0.3) is 0 Å². The van der Waals surface area contributed by atoms with Crippen LogP contribution in [0.15, 0.2) is 42.5 Å². The van der Waals surface area contributed by atoms with Gasteiger partial charge in [0, 0.05) is 42.9 Å². The van der Waals surface area contributed by atoms with Crippen LogP contribution in [0.3, 0.4) is 0 Å². The number of hydrazine groups is 1.